The number of carbonyl (C=O) groups is 1. The third kappa shape index (κ3) is 3.00. The molecule has 4 nitrogen and oxygen atoms in total. The molecule has 94 valence electrons. The highest BCUT2D eigenvalue weighted by atomic mass is 79.9. The van der Waals surface area contributed by atoms with Gasteiger partial charge in [-0.25, -0.2) is 4.79 Å². The van der Waals surface area contributed by atoms with Crippen molar-refractivity contribution in [3.8, 4) is 0 Å². The molecular weight excluding hydrogens is 364 g/mol. The highest BCUT2D eigenvalue weighted by Crippen LogP contribution is 2.17. The first-order valence-electron chi connectivity index (χ1n) is 5.17. The minimum atomic E-state index is -0.398. The lowest BCUT2D eigenvalue weighted by molar-refractivity contribution is 0.0458. The molecule has 0 unspecified atom stereocenters. The van der Waals surface area contributed by atoms with Crippen molar-refractivity contribution in [1.82, 2.24) is 9.78 Å². The van der Waals surface area contributed by atoms with Crippen LogP contribution in [-0.2, 0) is 18.4 Å². The summed E-state index contributed by atoms with van der Waals surface area (Å²) in [5.41, 5.74) is 1.34. The molecule has 6 heteroatoms. The zero-order valence-electron chi connectivity index (χ0n) is 9.56. The summed E-state index contributed by atoms with van der Waals surface area (Å²) in [6.45, 7) is 0.240. The van der Waals surface area contributed by atoms with Crippen molar-refractivity contribution >= 4 is 37.8 Å². The number of halogens is 2. The van der Waals surface area contributed by atoms with Crippen molar-refractivity contribution in [1.29, 1.82) is 0 Å². The van der Waals surface area contributed by atoms with Crippen molar-refractivity contribution < 1.29 is 9.53 Å². The first kappa shape index (κ1) is 13.3. The summed E-state index contributed by atoms with van der Waals surface area (Å²) in [5.74, 6) is -0.398. The average Bonchev–Trinajstić information content (AvgIpc) is 2.68. The molecule has 1 aromatic carbocycles. The van der Waals surface area contributed by atoms with Crippen LogP contribution in [0.2, 0.25) is 0 Å². The van der Waals surface area contributed by atoms with E-state index in [1.807, 2.05) is 24.3 Å². The Bertz CT molecular complexity index is 544. The molecule has 18 heavy (non-hydrogen) atoms. The second-order valence-electron chi connectivity index (χ2n) is 3.67. The van der Waals surface area contributed by atoms with E-state index >= 15 is 0 Å². The lowest BCUT2D eigenvalue weighted by Gasteiger charge is -2.05. The maximum Gasteiger partial charge on any atom is 0.358 e. The quantitative estimate of drug-likeness (QED) is 0.775. The topological polar surface area (TPSA) is 44.1 Å². The Labute approximate surface area is 121 Å². The Hall–Kier alpha value is -1.14. The summed E-state index contributed by atoms with van der Waals surface area (Å²) in [6, 6.07) is 7.61. The summed E-state index contributed by atoms with van der Waals surface area (Å²) in [4.78, 5) is 11.9. The molecular formula is C12H10Br2N2O2. The number of carbonyl (C=O) groups excluding carboxylic acids is 1. The number of aromatic nitrogens is 2. The van der Waals surface area contributed by atoms with E-state index in [1.54, 1.807) is 13.2 Å². The predicted octanol–water partition coefficient (Wildman–Crippen LogP) is 3.30. The van der Waals surface area contributed by atoms with Gasteiger partial charge in [-0.3, -0.25) is 4.68 Å². The van der Waals surface area contributed by atoms with Crippen LogP contribution in [0.15, 0.2) is 39.4 Å². The van der Waals surface area contributed by atoms with Crippen molar-refractivity contribution in [2.75, 3.05) is 0 Å². The number of aryl methyl sites for hydroxylation is 1. The molecule has 1 heterocycles. The molecule has 0 aliphatic heterocycles. The molecule has 0 aliphatic carbocycles. The molecule has 2 rings (SSSR count). The van der Waals surface area contributed by atoms with Gasteiger partial charge in [0.1, 0.15) is 6.61 Å². The van der Waals surface area contributed by atoms with Gasteiger partial charge in [-0.15, -0.1) is 0 Å². The van der Waals surface area contributed by atoms with E-state index < -0.39 is 5.97 Å². The maximum absolute atomic E-state index is 11.9. The summed E-state index contributed by atoms with van der Waals surface area (Å²) < 4.78 is 8.33. The average molecular weight is 374 g/mol. The van der Waals surface area contributed by atoms with Crippen molar-refractivity contribution in [3.63, 3.8) is 0 Å². The van der Waals surface area contributed by atoms with E-state index in [1.165, 1.54) is 4.68 Å². The highest BCUT2D eigenvalue weighted by Gasteiger charge is 2.16. The van der Waals surface area contributed by atoms with Gasteiger partial charge >= 0.3 is 5.97 Å². The monoisotopic (exact) mass is 372 g/mol. The number of esters is 1. The van der Waals surface area contributed by atoms with Crippen LogP contribution in [0.5, 0.6) is 0 Å². The summed E-state index contributed by atoms with van der Waals surface area (Å²) in [6.07, 6.45) is 1.57. The summed E-state index contributed by atoms with van der Waals surface area (Å²) >= 11 is 6.61. The van der Waals surface area contributed by atoms with E-state index in [9.17, 15) is 4.79 Å². The van der Waals surface area contributed by atoms with Crippen molar-refractivity contribution in [2.24, 2.45) is 7.05 Å². The smallest absolute Gasteiger partial charge is 0.358 e. The van der Waals surface area contributed by atoms with Gasteiger partial charge in [0.2, 0.25) is 0 Å². The Morgan fingerprint density at radius 1 is 1.33 bits per heavy atom. The largest absolute Gasteiger partial charge is 0.456 e. The molecule has 0 saturated heterocycles. The van der Waals surface area contributed by atoms with Gasteiger partial charge in [0.05, 0.1) is 10.7 Å². The van der Waals surface area contributed by atoms with Gasteiger partial charge in [0.15, 0.2) is 5.69 Å². The first-order chi connectivity index (χ1) is 8.58. The number of nitrogens with zero attached hydrogens (tertiary/aromatic N) is 2. The van der Waals surface area contributed by atoms with Crippen LogP contribution in [0.3, 0.4) is 0 Å². The Kier molecular flexibility index (Phi) is 4.19. The summed E-state index contributed by atoms with van der Waals surface area (Å²) in [7, 11) is 1.70. The fourth-order valence-corrected chi connectivity index (χ4v) is 2.21. The van der Waals surface area contributed by atoms with Gasteiger partial charge in [-0.2, -0.15) is 5.10 Å². The molecule has 0 radical (unpaired) electrons. The van der Waals surface area contributed by atoms with Crippen LogP contribution in [-0.4, -0.2) is 15.7 Å². The molecule has 0 fully saturated rings. The minimum Gasteiger partial charge on any atom is -0.456 e. The number of hydrogen-bond acceptors (Lipinski definition) is 3. The molecule has 0 spiro atoms. The number of rotatable bonds is 3. The summed E-state index contributed by atoms with van der Waals surface area (Å²) in [5, 5.41) is 3.97. The van der Waals surface area contributed by atoms with Crippen LogP contribution >= 0.6 is 31.9 Å². The Morgan fingerprint density at radius 3 is 2.56 bits per heavy atom. The molecule has 0 bridgehead atoms. The minimum absolute atomic E-state index is 0.240. The maximum atomic E-state index is 11.9. The van der Waals surface area contributed by atoms with Gasteiger partial charge in [-0.1, -0.05) is 28.1 Å². The normalized spacial score (nSPS) is 10.4. The molecule has 2 aromatic rings. The van der Waals surface area contributed by atoms with Crippen LogP contribution in [0.25, 0.3) is 0 Å². The van der Waals surface area contributed by atoms with Gasteiger partial charge in [0, 0.05) is 11.5 Å². The van der Waals surface area contributed by atoms with E-state index in [0.717, 1.165) is 10.0 Å². The number of ether oxygens (including phenoxy) is 1. The van der Waals surface area contributed by atoms with Crippen LogP contribution in [0, 0.1) is 0 Å². The molecule has 0 aliphatic rings. The second kappa shape index (κ2) is 5.67. The predicted molar refractivity (Wildman–Crippen MR) is 74.2 cm³/mol. The van der Waals surface area contributed by atoms with Crippen LogP contribution < -0.4 is 0 Å². The van der Waals surface area contributed by atoms with Crippen LogP contribution in [0.1, 0.15) is 16.1 Å². The fraction of sp³-hybridized carbons (Fsp3) is 0.167. The third-order valence-electron chi connectivity index (χ3n) is 2.37. The molecule has 0 atom stereocenters. The SMILES string of the molecule is Cn1ncc(Br)c1C(=O)OCc1ccc(Br)cc1. The van der Waals surface area contributed by atoms with Gasteiger partial charge < -0.3 is 4.74 Å². The Morgan fingerprint density at radius 2 is 2.00 bits per heavy atom. The fourth-order valence-electron chi connectivity index (χ4n) is 1.44. The van der Waals surface area contributed by atoms with Crippen LogP contribution in [0.4, 0.5) is 0 Å². The first-order valence-corrected chi connectivity index (χ1v) is 6.75. The van der Waals surface area contributed by atoms with E-state index in [4.69, 9.17) is 4.74 Å². The van der Waals surface area contributed by atoms with E-state index in [2.05, 4.69) is 37.0 Å². The van der Waals surface area contributed by atoms with Crippen molar-refractivity contribution in [3.05, 3.63) is 50.7 Å². The van der Waals surface area contributed by atoms with Crippen molar-refractivity contribution in [2.45, 2.75) is 6.61 Å². The van der Waals surface area contributed by atoms with E-state index in [0.29, 0.717) is 10.2 Å². The third-order valence-corrected chi connectivity index (χ3v) is 3.48. The lowest BCUT2D eigenvalue weighted by Crippen LogP contribution is -2.11. The van der Waals surface area contributed by atoms with Gasteiger partial charge in [0.25, 0.3) is 0 Å². The second-order valence-corrected chi connectivity index (χ2v) is 5.44. The Balaban J connectivity index is 2.03. The number of benzene rings is 1. The standard InChI is InChI=1S/C12H10Br2N2O2/c1-16-11(10(14)6-15-16)12(17)18-7-8-2-4-9(13)5-3-8/h2-6H,7H2,1H3. The number of hydrogen-bond donors (Lipinski definition) is 0. The zero-order valence-corrected chi connectivity index (χ0v) is 12.7. The molecule has 0 saturated carbocycles. The highest BCUT2D eigenvalue weighted by molar-refractivity contribution is 9.10. The molecule has 0 amide bonds. The van der Waals surface area contributed by atoms with Gasteiger partial charge in [-0.05, 0) is 33.6 Å². The lowest BCUT2D eigenvalue weighted by atomic mass is 10.2. The molecule has 0 N–H and O–H groups in total. The zero-order chi connectivity index (χ0) is 13.1. The molecule has 1 aromatic heterocycles. The van der Waals surface area contributed by atoms with E-state index in [-0.39, 0.29) is 6.61 Å².